The Morgan fingerprint density at radius 2 is 2.00 bits per heavy atom. The number of hydrogen-bond donors (Lipinski definition) is 2. The molecule has 0 bridgehead atoms. The summed E-state index contributed by atoms with van der Waals surface area (Å²) < 4.78 is 0. The highest BCUT2D eigenvalue weighted by Gasteiger charge is 2.24. The largest absolute Gasteiger partial charge is 0.380 e. The SMILES string of the molecule is CC(c1ccccc1)N1C=C(N)N(O)O1. The van der Waals surface area contributed by atoms with E-state index >= 15 is 0 Å². The Morgan fingerprint density at radius 1 is 1.33 bits per heavy atom. The zero-order chi connectivity index (χ0) is 10.8. The van der Waals surface area contributed by atoms with Gasteiger partial charge in [-0.1, -0.05) is 35.6 Å². The molecule has 0 aromatic heterocycles. The number of nitrogens with two attached hydrogens (primary N) is 1. The van der Waals surface area contributed by atoms with Gasteiger partial charge in [-0.2, -0.15) is 0 Å². The zero-order valence-electron chi connectivity index (χ0n) is 8.37. The van der Waals surface area contributed by atoms with Crippen molar-refractivity contribution in [1.82, 2.24) is 10.3 Å². The van der Waals surface area contributed by atoms with E-state index in [1.807, 2.05) is 37.3 Å². The van der Waals surface area contributed by atoms with Crippen molar-refractivity contribution in [2.45, 2.75) is 13.0 Å². The molecule has 3 N–H and O–H groups in total. The number of benzene rings is 1. The maximum Gasteiger partial charge on any atom is 0.176 e. The van der Waals surface area contributed by atoms with Crippen LogP contribution in [0.5, 0.6) is 0 Å². The van der Waals surface area contributed by atoms with Crippen LogP contribution in [0, 0.1) is 0 Å². The second-order valence-corrected chi connectivity index (χ2v) is 3.36. The third kappa shape index (κ3) is 1.88. The van der Waals surface area contributed by atoms with Gasteiger partial charge in [-0.3, -0.25) is 5.21 Å². The van der Waals surface area contributed by atoms with Crippen molar-refractivity contribution >= 4 is 0 Å². The molecule has 0 amide bonds. The Balaban J connectivity index is 2.14. The van der Waals surface area contributed by atoms with Crippen LogP contribution >= 0.6 is 0 Å². The van der Waals surface area contributed by atoms with Gasteiger partial charge in [0, 0.05) is 0 Å². The van der Waals surface area contributed by atoms with Crippen LogP contribution in [0.4, 0.5) is 0 Å². The van der Waals surface area contributed by atoms with Gasteiger partial charge in [-0.15, -0.1) is 4.94 Å². The molecular formula is C10H13N3O2. The van der Waals surface area contributed by atoms with Crippen LogP contribution < -0.4 is 5.73 Å². The van der Waals surface area contributed by atoms with Gasteiger partial charge in [-0.05, 0) is 12.5 Å². The van der Waals surface area contributed by atoms with Crippen molar-refractivity contribution in [3.63, 3.8) is 0 Å². The first kappa shape index (κ1) is 9.82. The fraction of sp³-hybridized carbons (Fsp3) is 0.200. The van der Waals surface area contributed by atoms with E-state index in [2.05, 4.69) is 0 Å². The molecule has 0 radical (unpaired) electrons. The van der Waals surface area contributed by atoms with E-state index in [1.165, 1.54) is 11.3 Å². The van der Waals surface area contributed by atoms with Crippen LogP contribution in [0.15, 0.2) is 42.4 Å². The molecule has 1 aliphatic rings. The van der Waals surface area contributed by atoms with E-state index in [0.717, 1.165) is 5.56 Å². The fourth-order valence-corrected chi connectivity index (χ4v) is 1.40. The lowest BCUT2D eigenvalue weighted by Crippen LogP contribution is -2.25. The first-order chi connectivity index (χ1) is 7.18. The van der Waals surface area contributed by atoms with Gasteiger partial charge in [0.05, 0.1) is 12.2 Å². The molecule has 0 saturated carbocycles. The van der Waals surface area contributed by atoms with Crippen LogP contribution in [-0.4, -0.2) is 15.5 Å². The fourth-order valence-electron chi connectivity index (χ4n) is 1.40. The Morgan fingerprint density at radius 3 is 2.53 bits per heavy atom. The van der Waals surface area contributed by atoms with Gasteiger partial charge >= 0.3 is 0 Å². The van der Waals surface area contributed by atoms with Gasteiger partial charge in [0.25, 0.3) is 0 Å². The summed E-state index contributed by atoms with van der Waals surface area (Å²) in [7, 11) is 0. The molecule has 80 valence electrons. The molecule has 15 heavy (non-hydrogen) atoms. The first-order valence-corrected chi connectivity index (χ1v) is 4.66. The van der Waals surface area contributed by atoms with Crippen molar-refractivity contribution in [2.24, 2.45) is 5.73 Å². The normalized spacial score (nSPS) is 17.9. The van der Waals surface area contributed by atoms with Crippen LogP contribution in [-0.2, 0) is 4.94 Å². The van der Waals surface area contributed by atoms with Crippen LogP contribution in [0.1, 0.15) is 18.5 Å². The molecule has 0 fully saturated rings. The second-order valence-electron chi connectivity index (χ2n) is 3.36. The van der Waals surface area contributed by atoms with Crippen molar-refractivity contribution in [3.8, 4) is 0 Å². The molecule has 0 aliphatic carbocycles. The molecule has 5 nitrogen and oxygen atoms in total. The maximum absolute atomic E-state index is 9.14. The van der Waals surface area contributed by atoms with Crippen molar-refractivity contribution < 1.29 is 10.1 Å². The second kappa shape index (κ2) is 3.80. The first-order valence-electron chi connectivity index (χ1n) is 4.66. The third-order valence-electron chi connectivity index (χ3n) is 2.32. The highest BCUT2D eigenvalue weighted by atomic mass is 17.0. The van der Waals surface area contributed by atoms with Gasteiger partial charge in [0.15, 0.2) is 5.82 Å². The summed E-state index contributed by atoms with van der Waals surface area (Å²) in [5, 5.41) is 11.2. The molecule has 0 saturated heterocycles. The summed E-state index contributed by atoms with van der Waals surface area (Å²) >= 11 is 0. The molecule has 1 atom stereocenters. The molecule has 1 unspecified atom stereocenters. The Bertz CT molecular complexity index is 366. The molecular weight excluding hydrogens is 194 g/mol. The minimum atomic E-state index is -0.0121. The molecule has 1 aromatic carbocycles. The summed E-state index contributed by atoms with van der Waals surface area (Å²) in [5.41, 5.74) is 6.54. The van der Waals surface area contributed by atoms with E-state index in [-0.39, 0.29) is 11.9 Å². The van der Waals surface area contributed by atoms with Gasteiger partial charge in [0.2, 0.25) is 0 Å². The quantitative estimate of drug-likeness (QED) is 0.766. The number of hydrogen-bond acceptors (Lipinski definition) is 5. The smallest absolute Gasteiger partial charge is 0.176 e. The predicted octanol–water partition coefficient (Wildman–Crippen LogP) is 1.36. The molecule has 2 rings (SSSR count). The van der Waals surface area contributed by atoms with Crippen LogP contribution in [0.2, 0.25) is 0 Å². The number of hydroxylamine groups is 4. The summed E-state index contributed by atoms with van der Waals surface area (Å²) in [4.78, 5) is 4.99. The lowest BCUT2D eigenvalue weighted by Gasteiger charge is -2.22. The lowest BCUT2D eigenvalue weighted by molar-refractivity contribution is -0.395. The zero-order valence-corrected chi connectivity index (χ0v) is 8.37. The van der Waals surface area contributed by atoms with Crippen molar-refractivity contribution in [1.29, 1.82) is 0 Å². The summed E-state index contributed by atoms with van der Waals surface area (Å²) in [6.07, 6.45) is 1.54. The average Bonchev–Trinajstić information content (AvgIpc) is 2.59. The van der Waals surface area contributed by atoms with Gasteiger partial charge in [-0.25, -0.2) is 5.06 Å². The number of rotatable bonds is 2. The Labute approximate surface area is 87.8 Å². The van der Waals surface area contributed by atoms with Crippen molar-refractivity contribution in [3.05, 3.63) is 47.9 Å². The molecule has 1 aliphatic heterocycles. The highest BCUT2D eigenvalue weighted by Crippen LogP contribution is 2.25. The molecule has 1 heterocycles. The topological polar surface area (TPSA) is 62.0 Å². The predicted molar refractivity (Wildman–Crippen MR) is 53.7 cm³/mol. The monoisotopic (exact) mass is 207 g/mol. The minimum Gasteiger partial charge on any atom is -0.380 e. The van der Waals surface area contributed by atoms with Gasteiger partial charge in [0.1, 0.15) is 0 Å². The minimum absolute atomic E-state index is 0.0121. The van der Waals surface area contributed by atoms with E-state index in [1.54, 1.807) is 0 Å². The maximum atomic E-state index is 9.14. The third-order valence-corrected chi connectivity index (χ3v) is 2.32. The van der Waals surface area contributed by atoms with Gasteiger partial charge < -0.3 is 5.73 Å². The number of nitrogens with zero attached hydrogens (tertiary/aromatic N) is 2. The lowest BCUT2D eigenvalue weighted by atomic mass is 10.1. The highest BCUT2D eigenvalue weighted by molar-refractivity contribution is 5.18. The molecule has 1 aromatic rings. The van der Waals surface area contributed by atoms with E-state index in [0.29, 0.717) is 5.23 Å². The van der Waals surface area contributed by atoms with E-state index in [4.69, 9.17) is 15.9 Å². The molecule has 0 spiro atoms. The summed E-state index contributed by atoms with van der Waals surface area (Å²) in [6, 6.07) is 9.80. The Hall–Kier alpha value is -1.72. The van der Waals surface area contributed by atoms with Crippen LogP contribution in [0.3, 0.4) is 0 Å². The summed E-state index contributed by atoms with van der Waals surface area (Å²) in [6.45, 7) is 1.96. The average molecular weight is 207 g/mol. The Kier molecular flexibility index (Phi) is 2.49. The molecule has 5 heteroatoms. The van der Waals surface area contributed by atoms with E-state index in [9.17, 15) is 0 Å². The summed E-state index contributed by atoms with van der Waals surface area (Å²) in [5.74, 6) is 0.165. The standard InChI is InChI=1S/C10H13N3O2/c1-8(9-5-3-2-4-6-9)12-7-10(11)13(14)15-12/h2-8,14H,11H2,1H3. The van der Waals surface area contributed by atoms with Crippen LogP contribution in [0.25, 0.3) is 0 Å². The van der Waals surface area contributed by atoms with E-state index < -0.39 is 0 Å². The van der Waals surface area contributed by atoms with Crippen molar-refractivity contribution in [2.75, 3.05) is 0 Å².